The molecule has 3 N–H and O–H groups in total. The fourth-order valence-corrected chi connectivity index (χ4v) is 5.58. The number of aromatic amines is 1. The fraction of sp³-hybridized carbons (Fsp3) is 0.364. The lowest BCUT2D eigenvalue weighted by Gasteiger charge is -2.47. The molecule has 0 saturated heterocycles. The van der Waals surface area contributed by atoms with Crippen molar-refractivity contribution in [2.75, 3.05) is 5.32 Å². The number of carboxylic acid groups (broad SMARTS) is 1. The Labute approximate surface area is 180 Å². The number of hydrogen-bond acceptors (Lipinski definition) is 5. The van der Waals surface area contributed by atoms with Gasteiger partial charge in [0.25, 0.3) is 0 Å². The summed E-state index contributed by atoms with van der Waals surface area (Å²) in [5.41, 5.74) is 1.64. The third kappa shape index (κ3) is 2.78. The van der Waals surface area contributed by atoms with Gasteiger partial charge in [-0.2, -0.15) is 4.39 Å². The topological polar surface area (TPSA) is 108 Å². The van der Waals surface area contributed by atoms with Crippen molar-refractivity contribution in [2.24, 2.45) is 17.8 Å². The molecule has 0 aromatic carbocycles. The summed E-state index contributed by atoms with van der Waals surface area (Å²) >= 11 is 0. The first-order valence-electron chi connectivity index (χ1n) is 10.7. The second kappa shape index (κ2) is 6.98. The van der Waals surface area contributed by atoms with E-state index in [-0.39, 0.29) is 23.3 Å². The van der Waals surface area contributed by atoms with E-state index in [0.29, 0.717) is 22.3 Å². The second-order valence-corrected chi connectivity index (χ2v) is 8.68. The van der Waals surface area contributed by atoms with Crippen molar-refractivity contribution in [1.82, 2.24) is 24.3 Å². The number of aliphatic carboxylic acids is 1. The Morgan fingerprint density at radius 1 is 1.19 bits per heavy atom. The molecule has 3 fully saturated rings. The highest BCUT2D eigenvalue weighted by Gasteiger charge is 2.47. The zero-order chi connectivity index (χ0) is 22.0. The molecule has 2 atom stereocenters. The van der Waals surface area contributed by atoms with Gasteiger partial charge in [-0.3, -0.25) is 9.20 Å². The molecule has 4 aromatic heterocycles. The van der Waals surface area contributed by atoms with E-state index in [4.69, 9.17) is 0 Å². The van der Waals surface area contributed by atoms with E-state index in [9.17, 15) is 14.3 Å². The smallest absolute Gasteiger partial charge is 0.308 e. The molecule has 0 radical (unpaired) electrons. The molecule has 3 aliphatic carbocycles. The second-order valence-electron chi connectivity index (χ2n) is 8.68. The van der Waals surface area contributed by atoms with Gasteiger partial charge in [-0.05, 0) is 43.6 Å². The van der Waals surface area contributed by atoms with E-state index in [1.165, 1.54) is 22.9 Å². The SMILES string of the molecule is O=C(O)[C@H]1C2CCC(CC2)C1Nc1nc(-c2c[nH]c3ncc(F)cc23)c2nccn2c1F. The molecule has 1 unspecified atom stereocenters. The van der Waals surface area contributed by atoms with Crippen LogP contribution in [0.5, 0.6) is 0 Å². The van der Waals surface area contributed by atoms with Gasteiger partial charge in [-0.1, -0.05) is 0 Å². The standard InChI is InChI=1S/C22H20F2N6O2/c23-12-7-13-14(9-27-19(13)26-8-12)17-21-25-5-6-30(21)18(24)20(29-17)28-16-11-3-1-10(2-4-11)15(16)22(31)32/h5-11,15-16,28H,1-4H2,(H,26,27)(H,31,32)/t10?,11?,15-,16?/m0/s1. The lowest BCUT2D eigenvalue weighted by molar-refractivity contribution is -0.148. The fourth-order valence-electron chi connectivity index (χ4n) is 5.58. The minimum atomic E-state index is -0.862. The molecule has 0 amide bonds. The zero-order valence-electron chi connectivity index (χ0n) is 16.9. The molecule has 4 heterocycles. The highest BCUT2D eigenvalue weighted by Crippen LogP contribution is 2.46. The monoisotopic (exact) mass is 438 g/mol. The van der Waals surface area contributed by atoms with Gasteiger partial charge in [0.15, 0.2) is 11.5 Å². The van der Waals surface area contributed by atoms with Crippen LogP contribution >= 0.6 is 0 Å². The Hall–Kier alpha value is -3.56. The lowest BCUT2D eigenvalue weighted by Crippen LogP contribution is -2.51. The Balaban J connectivity index is 1.49. The van der Waals surface area contributed by atoms with E-state index >= 15 is 4.39 Å². The summed E-state index contributed by atoms with van der Waals surface area (Å²) in [4.78, 5) is 27.8. The molecule has 3 saturated carbocycles. The summed E-state index contributed by atoms with van der Waals surface area (Å²) in [6, 6.07) is 0.935. The molecule has 7 rings (SSSR count). The number of imidazole rings is 1. The van der Waals surface area contributed by atoms with Crippen LogP contribution in [0.15, 0.2) is 30.9 Å². The van der Waals surface area contributed by atoms with Gasteiger partial charge in [-0.15, -0.1) is 0 Å². The number of nitrogens with one attached hydrogen (secondary N) is 2. The molecule has 4 aromatic rings. The summed E-state index contributed by atoms with van der Waals surface area (Å²) in [5, 5.41) is 13.5. The molecular weight excluding hydrogens is 418 g/mol. The summed E-state index contributed by atoms with van der Waals surface area (Å²) < 4.78 is 30.5. The maximum Gasteiger partial charge on any atom is 0.308 e. The molecule has 164 valence electrons. The number of carbonyl (C=O) groups is 1. The van der Waals surface area contributed by atoms with E-state index in [1.807, 2.05) is 0 Å². The van der Waals surface area contributed by atoms with Gasteiger partial charge in [0.2, 0.25) is 5.95 Å². The average molecular weight is 438 g/mol. The van der Waals surface area contributed by atoms with Crippen LogP contribution in [0.3, 0.4) is 0 Å². The number of anilines is 1. The van der Waals surface area contributed by atoms with Crippen molar-refractivity contribution in [2.45, 2.75) is 31.7 Å². The highest BCUT2D eigenvalue weighted by atomic mass is 19.1. The third-order valence-electron chi connectivity index (χ3n) is 7.04. The number of nitrogens with zero attached hydrogens (tertiary/aromatic N) is 4. The van der Waals surface area contributed by atoms with Gasteiger partial charge in [0.1, 0.15) is 17.2 Å². The first-order valence-corrected chi connectivity index (χ1v) is 10.7. The lowest BCUT2D eigenvalue weighted by atomic mass is 9.61. The van der Waals surface area contributed by atoms with Gasteiger partial charge < -0.3 is 15.4 Å². The summed E-state index contributed by atoms with van der Waals surface area (Å²) in [6.07, 6.45) is 9.30. The Bertz CT molecular complexity index is 1360. The van der Waals surface area contributed by atoms with Crippen molar-refractivity contribution < 1.29 is 18.7 Å². The first kappa shape index (κ1) is 19.1. The van der Waals surface area contributed by atoms with Crippen molar-refractivity contribution in [3.05, 3.63) is 42.6 Å². The number of pyridine rings is 1. The Morgan fingerprint density at radius 3 is 2.75 bits per heavy atom. The van der Waals surface area contributed by atoms with Crippen LogP contribution in [0.1, 0.15) is 25.7 Å². The number of aromatic nitrogens is 5. The maximum atomic E-state index is 15.4. The first-order chi connectivity index (χ1) is 15.5. The highest BCUT2D eigenvalue weighted by molar-refractivity contribution is 5.96. The minimum Gasteiger partial charge on any atom is -0.481 e. The number of halogens is 2. The molecule has 0 spiro atoms. The predicted molar refractivity (Wildman–Crippen MR) is 112 cm³/mol. The van der Waals surface area contributed by atoms with Crippen LogP contribution in [0.4, 0.5) is 14.6 Å². The quantitative estimate of drug-likeness (QED) is 0.447. The number of H-pyrrole nitrogens is 1. The van der Waals surface area contributed by atoms with Crippen LogP contribution in [0.25, 0.3) is 27.9 Å². The maximum absolute atomic E-state index is 15.4. The van der Waals surface area contributed by atoms with Gasteiger partial charge in [-0.25, -0.2) is 19.3 Å². The third-order valence-corrected chi connectivity index (χ3v) is 7.04. The molecule has 0 aliphatic heterocycles. The molecule has 32 heavy (non-hydrogen) atoms. The number of carboxylic acids is 1. The minimum absolute atomic E-state index is 0.0342. The van der Waals surface area contributed by atoms with E-state index in [2.05, 4.69) is 25.3 Å². The predicted octanol–water partition coefficient (Wildman–Crippen LogP) is 3.85. The number of hydrogen-bond donors (Lipinski definition) is 3. The van der Waals surface area contributed by atoms with E-state index < -0.39 is 29.7 Å². The average Bonchev–Trinajstić information content (AvgIpc) is 3.44. The zero-order valence-corrected chi connectivity index (χ0v) is 16.9. The van der Waals surface area contributed by atoms with Crippen molar-refractivity contribution in [3.63, 3.8) is 0 Å². The molecule has 8 nitrogen and oxygen atoms in total. The van der Waals surface area contributed by atoms with Crippen LogP contribution in [-0.2, 0) is 4.79 Å². The number of fused-ring (bicyclic) bond motifs is 5. The Morgan fingerprint density at radius 2 is 1.97 bits per heavy atom. The van der Waals surface area contributed by atoms with Crippen molar-refractivity contribution in [1.29, 1.82) is 0 Å². The van der Waals surface area contributed by atoms with Crippen molar-refractivity contribution in [3.8, 4) is 11.3 Å². The van der Waals surface area contributed by atoms with Crippen LogP contribution in [0.2, 0.25) is 0 Å². The summed E-state index contributed by atoms with van der Waals surface area (Å²) in [7, 11) is 0. The molecule has 10 heteroatoms. The van der Waals surface area contributed by atoms with Crippen LogP contribution in [-0.4, -0.2) is 41.5 Å². The normalized spacial score (nSPS) is 24.9. The van der Waals surface area contributed by atoms with Crippen LogP contribution in [0, 0.1) is 29.5 Å². The van der Waals surface area contributed by atoms with Crippen molar-refractivity contribution >= 4 is 28.5 Å². The van der Waals surface area contributed by atoms with Gasteiger partial charge in [0, 0.05) is 35.6 Å². The molecular formula is C22H20F2N6O2. The Kier molecular flexibility index (Phi) is 4.17. The van der Waals surface area contributed by atoms with Gasteiger partial charge >= 0.3 is 5.97 Å². The summed E-state index contributed by atoms with van der Waals surface area (Å²) in [6.45, 7) is 0. The number of rotatable bonds is 4. The largest absolute Gasteiger partial charge is 0.481 e. The van der Waals surface area contributed by atoms with Gasteiger partial charge in [0.05, 0.1) is 12.1 Å². The van der Waals surface area contributed by atoms with E-state index in [1.54, 1.807) is 6.20 Å². The summed E-state index contributed by atoms with van der Waals surface area (Å²) in [5.74, 6) is -2.39. The van der Waals surface area contributed by atoms with Crippen LogP contribution < -0.4 is 5.32 Å². The molecule has 3 aliphatic rings. The van der Waals surface area contributed by atoms with E-state index in [0.717, 1.165) is 31.9 Å². The molecule has 2 bridgehead atoms.